The van der Waals surface area contributed by atoms with Crippen LogP contribution >= 0.6 is 11.6 Å². The lowest BCUT2D eigenvalue weighted by Crippen LogP contribution is -2.11. The molecule has 0 saturated heterocycles. The molecule has 0 fully saturated rings. The number of hydrogen-bond donors (Lipinski definition) is 0. The summed E-state index contributed by atoms with van der Waals surface area (Å²) in [6, 6.07) is 3.24. The summed E-state index contributed by atoms with van der Waals surface area (Å²) in [5, 5.41) is 10.7. The Labute approximate surface area is 116 Å². The van der Waals surface area contributed by atoms with Crippen molar-refractivity contribution in [2.24, 2.45) is 0 Å². The molecule has 5 nitrogen and oxygen atoms in total. The van der Waals surface area contributed by atoms with E-state index >= 15 is 0 Å². The van der Waals surface area contributed by atoms with Gasteiger partial charge in [-0.05, 0) is 31.0 Å². The van der Waals surface area contributed by atoms with Crippen LogP contribution in [0.25, 0.3) is 6.08 Å². The standard InChI is InChI=1S/C13H16ClNO4/c1-4-9(2)19-13-11(14)7-10(5-6-15(16)17)8-12(13)18-3/h5-9H,4H2,1-3H3/b6-5-/t9-/m0/s1. The fourth-order valence-corrected chi connectivity index (χ4v) is 1.65. The van der Waals surface area contributed by atoms with E-state index in [2.05, 4.69) is 0 Å². The second-order valence-corrected chi connectivity index (χ2v) is 4.38. The van der Waals surface area contributed by atoms with Gasteiger partial charge in [0.2, 0.25) is 6.20 Å². The van der Waals surface area contributed by atoms with Crippen molar-refractivity contribution in [3.05, 3.63) is 39.0 Å². The minimum absolute atomic E-state index is 0.00608. The summed E-state index contributed by atoms with van der Waals surface area (Å²) in [5.41, 5.74) is 0.579. The largest absolute Gasteiger partial charge is 0.493 e. The van der Waals surface area contributed by atoms with E-state index in [0.29, 0.717) is 22.1 Å². The quantitative estimate of drug-likeness (QED) is 0.589. The van der Waals surface area contributed by atoms with Gasteiger partial charge in [-0.1, -0.05) is 18.5 Å². The summed E-state index contributed by atoms with van der Waals surface area (Å²) in [5.74, 6) is 0.910. The maximum Gasteiger partial charge on any atom is 0.235 e. The van der Waals surface area contributed by atoms with Gasteiger partial charge in [0, 0.05) is 6.08 Å². The topological polar surface area (TPSA) is 61.6 Å². The van der Waals surface area contributed by atoms with E-state index in [1.54, 1.807) is 12.1 Å². The van der Waals surface area contributed by atoms with E-state index in [-0.39, 0.29) is 6.10 Å². The van der Waals surface area contributed by atoms with E-state index in [1.165, 1.54) is 13.2 Å². The Balaban J connectivity index is 3.10. The molecule has 0 amide bonds. The molecule has 104 valence electrons. The average Bonchev–Trinajstić information content (AvgIpc) is 2.38. The van der Waals surface area contributed by atoms with Crippen molar-refractivity contribution in [1.29, 1.82) is 0 Å². The fraction of sp³-hybridized carbons (Fsp3) is 0.385. The van der Waals surface area contributed by atoms with Crippen molar-refractivity contribution >= 4 is 17.7 Å². The normalized spacial score (nSPS) is 12.4. The molecule has 0 bridgehead atoms. The lowest BCUT2D eigenvalue weighted by molar-refractivity contribution is -0.400. The Bertz CT molecular complexity index is 488. The first-order valence-corrected chi connectivity index (χ1v) is 6.21. The van der Waals surface area contributed by atoms with Gasteiger partial charge < -0.3 is 9.47 Å². The number of halogens is 1. The number of rotatable bonds is 6. The highest BCUT2D eigenvalue weighted by atomic mass is 35.5. The molecule has 0 aliphatic carbocycles. The van der Waals surface area contributed by atoms with Crippen molar-refractivity contribution in [2.75, 3.05) is 7.11 Å². The molecule has 0 aliphatic rings. The van der Waals surface area contributed by atoms with Crippen LogP contribution in [0.5, 0.6) is 11.5 Å². The van der Waals surface area contributed by atoms with Crippen LogP contribution < -0.4 is 9.47 Å². The monoisotopic (exact) mass is 285 g/mol. The van der Waals surface area contributed by atoms with Crippen LogP contribution in [0.15, 0.2) is 18.3 Å². The highest BCUT2D eigenvalue weighted by Gasteiger charge is 2.13. The van der Waals surface area contributed by atoms with Crippen LogP contribution in [0.3, 0.4) is 0 Å². The van der Waals surface area contributed by atoms with Crippen LogP contribution in [-0.2, 0) is 0 Å². The van der Waals surface area contributed by atoms with Crippen LogP contribution in [0, 0.1) is 10.1 Å². The van der Waals surface area contributed by atoms with Crippen molar-refractivity contribution in [1.82, 2.24) is 0 Å². The van der Waals surface area contributed by atoms with Crippen molar-refractivity contribution in [3.63, 3.8) is 0 Å². The summed E-state index contributed by atoms with van der Waals surface area (Å²) in [6.07, 6.45) is 3.04. The molecule has 19 heavy (non-hydrogen) atoms. The number of benzene rings is 1. The van der Waals surface area contributed by atoms with E-state index in [4.69, 9.17) is 21.1 Å². The first-order chi connectivity index (χ1) is 8.97. The summed E-state index contributed by atoms with van der Waals surface area (Å²) in [4.78, 5) is 9.76. The lowest BCUT2D eigenvalue weighted by atomic mass is 10.2. The van der Waals surface area contributed by atoms with Gasteiger partial charge >= 0.3 is 0 Å². The van der Waals surface area contributed by atoms with Crippen molar-refractivity contribution in [3.8, 4) is 11.5 Å². The van der Waals surface area contributed by atoms with Gasteiger partial charge in [-0.2, -0.15) is 0 Å². The molecule has 0 aromatic heterocycles. The van der Waals surface area contributed by atoms with E-state index in [1.807, 2.05) is 13.8 Å². The molecule has 0 radical (unpaired) electrons. The molecule has 1 atom stereocenters. The SMILES string of the molecule is CC[C@H](C)Oc1c(Cl)cc(/C=C\[N+](=O)[O-])cc1OC. The van der Waals surface area contributed by atoms with Gasteiger partial charge in [-0.3, -0.25) is 10.1 Å². The summed E-state index contributed by atoms with van der Waals surface area (Å²) >= 11 is 6.12. The first-order valence-electron chi connectivity index (χ1n) is 5.83. The van der Waals surface area contributed by atoms with Gasteiger partial charge in [0.05, 0.1) is 23.2 Å². The molecule has 0 heterocycles. The molecule has 1 rings (SSSR count). The van der Waals surface area contributed by atoms with Gasteiger partial charge in [0.25, 0.3) is 0 Å². The Morgan fingerprint density at radius 1 is 1.53 bits per heavy atom. The molecule has 0 unspecified atom stereocenters. The maximum atomic E-state index is 10.3. The minimum atomic E-state index is -0.538. The van der Waals surface area contributed by atoms with Gasteiger partial charge in [-0.15, -0.1) is 0 Å². The third-order valence-electron chi connectivity index (χ3n) is 2.53. The number of nitrogens with zero attached hydrogens (tertiary/aromatic N) is 1. The molecule has 0 N–H and O–H groups in total. The zero-order valence-electron chi connectivity index (χ0n) is 11.1. The predicted molar refractivity (Wildman–Crippen MR) is 74.4 cm³/mol. The smallest absolute Gasteiger partial charge is 0.235 e. The Hall–Kier alpha value is -1.75. The fourth-order valence-electron chi connectivity index (χ4n) is 1.38. The molecular weight excluding hydrogens is 270 g/mol. The molecule has 0 aliphatic heterocycles. The highest BCUT2D eigenvalue weighted by Crippen LogP contribution is 2.37. The zero-order chi connectivity index (χ0) is 14.4. The number of hydrogen-bond acceptors (Lipinski definition) is 4. The molecular formula is C13H16ClNO4. The molecule has 0 saturated carbocycles. The summed E-state index contributed by atoms with van der Waals surface area (Å²) < 4.78 is 10.9. The van der Waals surface area contributed by atoms with Gasteiger partial charge in [0.1, 0.15) is 0 Å². The Kier molecular flexibility index (Phi) is 5.63. The number of nitro groups is 1. The third kappa shape index (κ3) is 4.44. The highest BCUT2D eigenvalue weighted by molar-refractivity contribution is 6.32. The van der Waals surface area contributed by atoms with Crippen LogP contribution in [0.1, 0.15) is 25.8 Å². The van der Waals surface area contributed by atoms with Crippen LogP contribution in [-0.4, -0.2) is 18.1 Å². The van der Waals surface area contributed by atoms with Crippen LogP contribution in [0.4, 0.5) is 0 Å². The number of ether oxygens (including phenoxy) is 2. The molecule has 1 aromatic rings. The second-order valence-electron chi connectivity index (χ2n) is 3.97. The van der Waals surface area contributed by atoms with Crippen LogP contribution in [0.2, 0.25) is 5.02 Å². The molecule has 1 aromatic carbocycles. The van der Waals surface area contributed by atoms with Gasteiger partial charge in [0.15, 0.2) is 11.5 Å². The van der Waals surface area contributed by atoms with Gasteiger partial charge in [-0.25, -0.2) is 0 Å². The Morgan fingerprint density at radius 3 is 2.74 bits per heavy atom. The predicted octanol–water partition coefficient (Wildman–Crippen LogP) is 3.77. The molecule has 0 spiro atoms. The van der Waals surface area contributed by atoms with E-state index < -0.39 is 4.92 Å². The first kappa shape index (κ1) is 15.3. The summed E-state index contributed by atoms with van der Waals surface area (Å²) in [6.45, 7) is 3.93. The lowest BCUT2D eigenvalue weighted by Gasteiger charge is -2.17. The maximum absolute atomic E-state index is 10.3. The van der Waals surface area contributed by atoms with Crippen molar-refractivity contribution in [2.45, 2.75) is 26.4 Å². The zero-order valence-corrected chi connectivity index (χ0v) is 11.8. The van der Waals surface area contributed by atoms with E-state index in [9.17, 15) is 10.1 Å². The second kappa shape index (κ2) is 6.99. The third-order valence-corrected chi connectivity index (χ3v) is 2.82. The Morgan fingerprint density at radius 2 is 2.21 bits per heavy atom. The minimum Gasteiger partial charge on any atom is -0.493 e. The summed E-state index contributed by atoms with van der Waals surface area (Å²) in [7, 11) is 1.50. The van der Waals surface area contributed by atoms with E-state index in [0.717, 1.165) is 12.6 Å². The average molecular weight is 286 g/mol. The molecule has 6 heteroatoms. The van der Waals surface area contributed by atoms with Crippen molar-refractivity contribution < 1.29 is 14.4 Å². The number of methoxy groups -OCH3 is 1.